The number of fused-ring (bicyclic) bond motifs is 2. The highest BCUT2D eigenvalue weighted by molar-refractivity contribution is 7.22. The van der Waals surface area contributed by atoms with Crippen molar-refractivity contribution in [2.45, 2.75) is 20.3 Å². The fourth-order valence-corrected chi connectivity index (χ4v) is 5.00. The molecule has 0 unspecified atom stereocenters. The van der Waals surface area contributed by atoms with Gasteiger partial charge in [0.1, 0.15) is 17.2 Å². The Labute approximate surface area is 203 Å². The molecule has 34 heavy (non-hydrogen) atoms. The maximum atomic E-state index is 6.42. The quantitative estimate of drug-likeness (QED) is 0.258. The first kappa shape index (κ1) is 22.2. The minimum absolute atomic E-state index is 0.780. The van der Waals surface area contributed by atoms with Crippen molar-refractivity contribution < 1.29 is 9.47 Å². The Morgan fingerprint density at radius 1 is 0.882 bits per heavy atom. The van der Waals surface area contributed by atoms with Crippen molar-refractivity contribution in [2.75, 3.05) is 25.6 Å². The first-order valence-electron chi connectivity index (χ1n) is 11.3. The predicted octanol–water partition coefficient (Wildman–Crippen LogP) is 6.94. The van der Waals surface area contributed by atoms with Gasteiger partial charge in [0.2, 0.25) is 0 Å². The first-order chi connectivity index (χ1) is 16.5. The lowest BCUT2D eigenvalue weighted by molar-refractivity contribution is 0.412. The zero-order chi connectivity index (χ0) is 23.7. The van der Waals surface area contributed by atoms with Crippen LogP contribution < -0.4 is 14.4 Å². The van der Waals surface area contributed by atoms with Crippen LogP contribution >= 0.6 is 11.3 Å². The molecule has 172 valence electrons. The number of ether oxygens (including phenoxy) is 2. The highest BCUT2D eigenvalue weighted by Gasteiger charge is 2.14. The second-order valence-electron chi connectivity index (χ2n) is 8.49. The number of benzene rings is 3. The molecule has 0 N–H and O–H groups in total. The van der Waals surface area contributed by atoms with Gasteiger partial charge in [-0.25, -0.2) is 4.98 Å². The smallest absolute Gasteiger partial charge is 0.186 e. The number of anilines is 1. The van der Waals surface area contributed by atoms with Crippen molar-refractivity contribution in [1.29, 1.82) is 0 Å². The summed E-state index contributed by atoms with van der Waals surface area (Å²) in [5.74, 6) is 2.43. The van der Waals surface area contributed by atoms with E-state index in [4.69, 9.17) is 14.5 Å². The van der Waals surface area contributed by atoms with Gasteiger partial charge in [0.25, 0.3) is 0 Å². The molecule has 2 aromatic heterocycles. The molecule has 0 atom stereocenters. The average molecular weight is 470 g/mol. The van der Waals surface area contributed by atoms with Crippen LogP contribution in [0.3, 0.4) is 0 Å². The Kier molecular flexibility index (Phi) is 6.07. The van der Waals surface area contributed by atoms with Gasteiger partial charge < -0.3 is 14.4 Å². The van der Waals surface area contributed by atoms with Crippen LogP contribution in [0.15, 0.2) is 66.9 Å². The maximum absolute atomic E-state index is 6.42. The Morgan fingerprint density at radius 3 is 2.47 bits per heavy atom. The van der Waals surface area contributed by atoms with Gasteiger partial charge >= 0.3 is 0 Å². The Bertz CT molecular complexity index is 1460. The van der Waals surface area contributed by atoms with Crippen molar-refractivity contribution >= 4 is 37.6 Å². The Morgan fingerprint density at radius 2 is 1.68 bits per heavy atom. The molecule has 0 saturated heterocycles. The van der Waals surface area contributed by atoms with Crippen LogP contribution in [0.4, 0.5) is 5.13 Å². The second-order valence-corrected chi connectivity index (χ2v) is 9.50. The lowest BCUT2D eigenvalue weighted by atomic mass is 10.1. The number of aromatic nitrogens is 2. The predicted molar refractivity (Wildman–Crippen MR) is 141 cm³/mol. The molecule has 6 heteroatoms. The number of aryl methyl sites for hydroxylation is 2. The summed E-state index contributed by atoms with van der Waals surface area (Å²) in [5, 5.41) is 1.98. The highest BCUT2D eigenvalue weighted by Crippen LogP contribution is 2.37. The fourth-order valence-electron chi connectivity index (χ4n) is 4.04. The van der Waals surface area contributed by atoms with Crippen LogP contribution in [0.5, 0.6) is 17.2 Å². The number of hydrogen-bond donors (Lipinski definition) is 0. The molecule has 5 nitrogen and oxygen atoms in total. The molecule has 5 rings (SSSR count). The number of thiazole rings is 1. The summed E-state index contributed by atoms with van der Waals surface area (Å²) in [7, 11) is 3.78. The van der Waals surface area contributed by atoms with E-state index in [1.54, 1.807) is 24.6 Å². The fraction of sp³-hybridized carbons (Fsp3) is 0.214. The highest BCUT2D eigenvalue weighted by atomic mass is 32.1. The van der Waals surface area contributed by atoms with E-state index in [0.29, 0.717) is 0 Å². The van der Waals surface area contributed by atoms with Crippen LogP contribution in [-0.2, 0) is 6.42 Å². The minimum atomic E-state index is 0.780. The SMILES string of the molecule is COc1cc2nccc(Oc3cc4sc(N(C)CCc5ccccc5)nc4cc3C)c2cc1C. The molecule has 3 aromatic carbocycles. The van der Waals surface area contributed by atoms with Crippen molar-refractivity contribution in [3.8, 4) is 17.2 Å². The molecule has 0 amide bonds. The van der Waals surface area contributed by atoms with E-state index in [-0.39, 0.29) is 0 Å². The molecule has 0 aliphatic rings. The molecule has 0 saturated carbocycles. The number of methoxy groups -OCH3 is 1. The van der Waals surface area contributed by atoms with Crippen LogP contribution in [0.1, 0.15) is 16.7 Å². The topological polar surface area (TPSA) is 47.5 Å². The summed E-state index contributed by atoms with van der Waals surface area (Å²) in [6.07, 6.45) is 2.76. The third kappa shape index (κ3) is 4.41. The van der Waals surface area contributed by atoms with Crippen molar-refractivity contribution in [2.24, 2.45) is 0 Å². The number of likely N-dealkylation sites (N-methyl/N-ethyl adjacent to an activating group) is 1. The zero-order valence-electron chi connectivity index (χ0n) is 19.8. The van der Waals surface area contributed by atoms with Gasteiger partial charge in [-0.3, -0.25) is 4.98 Å². The summed E-state index contributed by atoms with van der Waals surface area (Å²) in [4.78, 5) is 11.6. The van der Waals surface area contributed by atoms with Gasteiger partial charge in [-0.15, -0.1) is 0 Å². The van der Waals surface area contributed by atoms with E-state index in [2.05, 4.69) is 72.4 Å². The van der Waals surface area contributed by atoms with Gasteiger partial charge in [-0.1, -0.05) is 41.7 Å². The number of pyridine rings is 1. The van der Waals surface area contributed by atoms with Crippen LogP contribution in [0, 0.1) is 13.8 Å². The standard InChI is InChI=1S/C28H27N3O2S/c1-18-14-21-22(16-25(18)32-4)29-12-10-24(21)33-26-17-27-23(15-19(26)2)30-28(34-27)31(3)13-11-20-8-6-5-7-9-20/h5-10,12,14-17H,11,13H2,1-4H3. The lowest BCUT2D eigenvalue weighted by Gasteiger charge is -2.15. The van der Waals surface area contributed by atoms with E-state index in [9.17, 15) is 0 Å². The molecule has 0 fully saturated rings. The molecule has 2 heterocycles. The van der Waals surface area contributed by atoms with Crippen LogP contribution in [0.25, 0.3) is 21.1 Å². The molecule has 0 spiro atoms. The van der Waals surface area contributed by atoms with Crippen LogP contribution in [-0.4, -0.2) is 30.7 Å². The first-order valence-corrected chi connectivity index (χ1v) is 12.1. The van der Waals surface area contributed by atoms with Gasteiger partial charge in [0, 0.05) is 37.3 Å². The number of nitrogens with zero attached hydrogens (tertiary/aromatic N) is 3. The molecule has 0 bridgehead atoms. The molecular formula is C28H27N3O2S. The normalized spacial score (nSPS) is 11.2. The minimum Gasteiger partial charge on any atom is -0.496 e. The Balaban J connectivity index is 1.41. The largest absolute Gasteiger partial charge is 0.496 e. The van der Waals surface area contributed by atoms with Crippen molar-refractivity contribution in [3.63, 3.8) is 0 Å². The molecule has 0 aliphatic carbocycles. The monoisotopic (exact) mass is 469 g/mol. The van der Waals surface area contributed by atoms with E-state index < -0.39 is 0 Å². The average Bonchev–Trinajstić information content (AvgIpc) is 3.26. The van der Waals surface area contributed by atoms with E-state index in [1.165, 1.54) is 5.56 Å². The zero-order valence-corrected chi connectivity index (χ0v) is 20.6. The molecule has 0 aliphatic heterocycles. The van der Waals surface area contributed by atoms with E-state index >= 15 is 0 Å². The van der Waals surface area contributed by atoms with E-state index in [1.807, 2.05) is 19.1 Å². The summed E-state index contributed by atoms with van der Waals surface area (Å²) in [6, 6.07) is 20.7. The summed E-state index contributed by atoms with van der Waals surface area (Å²) in [5.41, 5.74) is 5.27. The Hall–Kier alpha value is -3.64. The van der Waals surface area contributed by atoms with Crippen molar-refractivity contribution in [1.82, 2.24) is 9.97 Å². The van der Waals surface area contributed by atoms with Gasteiger partial charge in [-0.05, 0) is 55.2 Å². The van der Waals surface area contributed by atoms with Gasteiger partial charge in [-0.2, -0.15) is 0 Å². The third-order valence-corrected chi connectivity index (χ3v) is 7.15. The summed E-state index contributed by atoms with van der Waals surface area (Å²) in [6.45, 7) is 5.00. The third-order valence-electron chi connectivity index (χ3n) is 6.02. The van der Waals surface area contributed by atoms with Gasteiger partial charge in [0.05, 0.1) is 22.8 Å². The van der Waals surface area contributed by atoms with E-state index in [0.717, 1.165) is 67.6 Å². The summed E-state index contributed by atoms with van der Waals surface area (Å²) < 4.78 is 13.0. The summed E-state index contributed by atoms with van der Waals surface area (Å²) >= 11 is 1.69. The lowest BCUT2D eigenvalue weighted by Crippen LogP contribution is -2.19. The number of hydrogen-bond acceptors (Lipinski definition) is 6. The molecular weight excluding hydrogens is 442 g/mol. The number of rotatable bonds is 7. The second kappa shape index (κ2) is 9.31. The van der Waals surface area contributed by atoms with Gasteiger partial charge in [0.15, 0.2) is 5.13 Å². The maximum Gasteiger partial charge on any atom is 0.186 e. The molecule has 5 aromatic rings. The molecule has 0 radical (unpaired) electrons. The van der Waals surface area contributed by atoms with Crippen LogP contribution in [0.2, 0.25) is 0 Å². The van der Waals surface area contributed by atoms with Crippen molar-refractivity contribution in [3.05, 3.63) is 83.6 Å².